The van der Waals surface area contributed by atoms with Crippen LogP contribution in [0.1, 0.15) is 19.3 Å². The Kier molecular flexibility index (Phi) is 3.56. The lowest BCUT2D eigenvalue weighted by Gasteiger charge is -2.19. The molecular weight excluding hydrogens is 204 g/mol. The van der Waals surface area contributed by atoms with Gasteiger partial charge in [-0.2, -0.15) is 5.10 Å². The van der Waals surface area contributed by atoms with Crippen LogP contribution in [0.25, 0.3) is 0 Å². The van der Waals surface area contributed by atoms with Crippen LogP contribution in [0.2, 0.25) is 0 Å². The van der Waals surface area contributed by atoms with E-state index in [4.69, 9.17) is 5.73 Å². The number of carbonyl (C=O) groups is 1. The molecule has 3 N–H and O–H groups in total. The van der Waals surface area contributed by atoms with Crippen LogP contribution in [0.4, 0.5) is 0 Å². The van der Waals surface area contributed by atoms with Gasteiger partial charge in [-0.25, -0.2) is 0 Å². The second-order valence-electron chi connectivity index (χ2n) is 4.30. The van der Waals surface area contributed by atoms with Crippen LogP contribution in [0.5, 0.6) is 0 Å². The van der Waals surface area contributed by atoms with E-state index in [2.05, 4.69) is 10.4 Å². The Morgan fingerprint density at radius 3 is 3.12 bits per heavy atom. The lowest BCUT2D eigenvalue weighted by Crippen LogP contribution is -2.41. The first-order chi connectivity index (χ1) is 7.79. The molecule has 2 rings (SSSR count). The van der Waals surface area contributed by atoms with E-state index in [1.54, 1.807) is 17.1 Å². The number of hydrogen-bond donors (Lipinski definition) is 2. The predicted octanol–water partition coefficient (Wildman–Crippen LogP) is 0.127. The molecule has 0 bridgehead atoms. The van der Waals surface area contributed by atoms with Crippen LogP contribution in [0, 0.1) is 5.92 Å². The van der Waals surface area contributed by atoms with Gasteiger partial charge in [-0.15, -0.1) is 0 Å². The summed E-state index contributed by atoms with van der Waals surface area (Å²) in [5, 5.41) is 7.04. The van der Waals surface area contributed by atoms with Crippen molar-refractivity contribution in [3.63, 3.8) is 0 Å². The van der Waals surface area contributed by atoms with Crippen molar-refractivity contribution in [2.75, 3.05) is 6.54 Å². The van der Waals surface area contributed by atoms with Crippen molar-refractivity contribution in [3.05, 3.63) is 18.5 Å². The number of hydrogen-bond acceptors (Lipinski definition) is 3. The number of rotatable bonds is 4. The molecular formula is C11H18N4O. The van der Waals surface area contributed by atoms with E-state index < -0.39 is 0 Å². The topological polar surface area (TPSA) is 72.9 Å². The lowest BCUT2D eigenvalue weighted by molar-refractivity contribution is -0.122. The second kappa shape index (κ2) is 5.12. The standard InChI is InChI=1S/C11H18N4O/c12-7-9-3-1-4-10(9)14-11(16)8-15-6-2-5-13-15/h2,5-6,9-10H,1,3-4,7-8,12H2,(H,14,16). The highest BCUT2D eigenvalue weighted by molar-refractivity contribution is 5.76. The van der Waals surface area contributed by atoms with Crippen molar-refractivity contribution in [2.24, 2.45) is 11.7 Å². The van der Waals surface area contributed by atoms with E-state index in [1.165, 1.54) is 0 Å². The maximum Gasteiger partial charge on any atom is 0.241 e. The van der Waals surface area contributed by atoms with Gasteiger partial charge in [-0.05, 0) is 31.4 Å². The summed E-state index contributed by atoms with van der Waals surface area (Å²) in [6, 6.07) is 2.07. The average Bonchev–Trinajstić information content (AvgIpc) is 2.88. The molecule has 1 fully saturated rings. The molecule has 16 heavy (non-hydrogen) atoms. The van der Waals surface area contributed by atoms with Crippen LogP contribution >= 0.6 is 0 Å². The number of nitrogens with two attached hydrogens (primary N) is 1. The van der Waals surface area contributed by atoms with Gasteiger partial charge in [0.1, 0.15) is 6.54 Å². The molecule has 5 heteroatoms. The molecule has 1 aliphatic carbocycles. The fraction of sp³-hybridized carbons (Fsp3) is 0.636. The third-order valence-electron chi connectivity index (χ3n) is 3.17. The molecule has 0 radical (unpaired) electrons. The van der Waals surface area contributed by atoms with Gasteiger partial charge in [0.05, 0.1) is 0 Å². The highest BCUT2D eigenvalue weighted by Crippen LogP contribution is 2.24. The normalized spacial score (nSPS) is 24.6. The third-order valence-corrected chi connectivity index (χ3v) is 3.17. The highest BCUT2D eigenvalue weighted by Gasteiger charge is 2.27. The van der Waals surface area contributed by atoms with Crippen LogP contribution in [0.15, 0.2) is 18.5 Å². The van der Waals surface area contributed by atoms with Crippen molar-refractivity contribution in [2.45, 2.75) is 31.8 Å². The first-order valence-corrected chi connectivity index (χ1v) is 5.76. The molecule has 0 saturated heterocycles. The summed E-state index contributed by atoms with van der Waals surface area (Å²) in [6.45, 7) is 0.952. The Morgan fingerprint density at radius 2 is 2.44 bits per heavy atom. The molecule has 1 saturated carbocycles. The summed E-state index contributed by atoms with van der Waals surface area (Å²) in [4.78, 5) is 11.7. The van der Waals surface area contributed by atoms with Crippen LogP contribution in [-0.4, -0.2) is 28.3 Å². The molecule has 1 amide bonds. The highest BCUT2D eigenvalue weighted by atomic mass is 16.2. The largest absolute Gasteiger partial charge is 0.351 e. The minimum atomic E-state index is 0.0223. The molecule has 1 aromatic heterocycles. The fourth-order valence-electron chi connectivity index (χ4n) is 2.30. The Balaban J connectivity index is 1.83. The lowest BCUT2D eigenvalue weighted by atomic mass is 10.0. The maximum atomic E-state index is 11.7. The molecule has 0 aliphatic heterocycles. The van der Waals surface area contributed by atoms with Crippen molar-refractivity contribution in [1.29, 1.82) is 0 Å². The molecule has 0 aromatic carbocycles. The zero-order valence-corrected chi connectivity index (χ0v) is 9.30. The van der Waals surface area contributed by atoms with E-state index >= 15 is 0 Å². The predicted molar refractivity (Wildman–Crippen MR) is 60.6 cm³/mol. The molecule has 2 atom stereocenters. The number of nitrogens with one attached hydrogen (secondary N) is 1. The second-order valence-corrected chi connectivity index (χ2v) is 4.30. The first kappa shape index (κ1) is 11.1. The van der Waals surface area contributed by atoms with Crippen molar-refractivity contribution >= 4 is 5.91 Å². The number of carbonyl (C=O) groups excluding carboxylic acids is 1. The minimum absolute atomic E-state index is 0.0223. The van der Waals surface area contributed by atoms with Crippen LogP contribution < -0.4 is 11.1 Å². The number of aromatic nitrogens is 2. The van der Waals surface area contributed by atoms with E-state index in [0.29, 0.717) is 19.0 Å². The minimum Gasteiger partial charge on any atom is -0.351 e. The average molecular weight is 222 g/mol. The van der Waals surface area contributed by atoms with Gasteiger partial charge in [-0.1, -0.05) is 6.42 Å². The Bertz CT molecular complexity index is 336. The quantitative estimate of drug-likeness (QED) is 0.760. The SMILES string of the molecule is NCC1CCCC1NC(=O)Cn1cccn1. The summed E-state index contributed by atoms with van der Waals surface area (Å²) in [7, 11) is 0. The van der Waals surface area contributed by atoms with Crippen LogP contribution in [0.3, 0.4) is 0 Å². The Morgan fingerprint density at radius 1 is 1.56 bits per heavy atom. The van der Waals surface area contributed by atoms with E-state index in [1.807, 2.05) is 6.07 Å². The summed E-state index contributed by atoms with van der Waals surface area (Å²) in [5.41, 5.74) is 5.67. The molecule has 1 heterocycles. The monoisotopic (exact) mass is 222 g/mol. The molecule has 2 unspecified atom stereocenters. The van der Waals surface area contributed by atoms with Crippen molar-refractivity contribution in [1.82, 2.24) is 15.1 Å². The summed E-state index contributed by atoms with van der Waals surface area (Å²) in [5.74, 6) is 0.468. The summed E-state index contributed by atoms with van der Waals surface area (Å²) >= 11 is 0. The molecule has 0 spiro atoms. The zero-order valence-electron chi connectivity index (χ0n) is 9.30. The van der Waals surface area contributed by atoms with Crippen molar-refractivity contribution < 1.29 is 4.79 Å². The Hall–Kier alpha value is -1.36. The summed E-state index contributed by atoms with van der Waals surface area (Å²) < 4.78 is 1.63. The zero-order chi connectivity index (χ0) is 11.4. The van der Waals surface area contributed by atoms with E-state index in [-0.39, 0.29) is 11.9 Å². The molecule has 5 nitrogen and oxygen atoms in total. The maximum absolute atomic E-state index is 11.7. The van der Waals surface area contributed by atoms with E-state index in [0.717, 1.165) is 19.3 Å². The first-order valence-electron chi connectivity index (χ1n) is 5.76. The Labute approximate surface area is 95.0 Å². The van der Waals surface area contributed by atoms with Gasteiger partial charge in [0.25, 0.3) is 0 Å². The van der Waals surface area contributed by atoms with Gasteiger partial charge in [0.15, 0.2) is 0 Å². The molecule has 1 aliphatic rings. The number of nitrogens with zero attached hydrogens (tertiary/aromatic N) is 2. The van der Waals surface area contributed by atoms with Gasteiger partial charge in [-0.3, -0.25) is 9.48 Å². The number of amides is 1. The van der Waals surface area contributed by atoms with E-state index in [9.17, 15) is 4.79 Å². The van der Waals surface area contributed by atoms with Crippen molar-refractivity contribution in [3.8, 4) is 0 Å². The van der Waals surface area contributed by atoms with Gasteiger partial charge in [0, 0.05) is 18.4 Å². The third kappa shape index (κ3) is 2.61. The fourth-order valence-corrected chi connectivity index (χ4v) is 2.30. The van der Waals surface area contributed by atoms with Gasteiger partial charge in [0.2, 0.25) is 5.91 Å². The molecule has 1 aromatic rings. The van der Waals surface area contributed by atoms with Gasteiger partial charge >= 0.3 is 0 Å². The van der Waals surface area contributed by atoms with Crippen LogP contribution in [-0.2, 0) is 11.3 Å². The van der Waals surface area contributed by atoms with Gasteiger partial charge < -0.3 is 11.1 Å². The summed E-state index contributed by atoms with van der Waals surface area (Å²) in [6.07, 6.45) is 6.80. The smallest absolute Gasteiger partial charge is 0.241 e. The molecule has 88 valence electrons.